The Morgan fingerprint density at radius 3 is 2.48 bits per heavy atom. The van der Waals surface area contributed by atoms with Crippen LogP contribution in [0.25, 0.3) is 16.7 Å². The minimum Gasteiger partial charge on any atom is -0.332 e. The van der Waals surface area contributed by atoms with Gasteiger partial charge in [0.25, 0.3) is 11.6 Å². The molecule has 1 heterocycles. The lowest BCUT2D eigenvalue weighted by Gasteiger charge is -2.09. The third kappa shape index (κ3) is 4.54. The molecule has 1 amide bonds. The van der Waals surface area contributed by atoms with Crippen molar-refractivity contribution in [2.75, 3.05) is 5.32 Å². The number of nitrogens with zero attached hydrogens (tertiary/aromatic N) is 4. The van der Waals surface area contributed by atoms with E-state index in [4.69, 9.17) is 12.2 Å². The van der Waals surface area contributed by atoms with Gasteiger partial charge in [-0.1, -0.05) is 12.1 Å². The van der Waals surface area contributed by atoms with Crippen molar-refractivity contribution in [2.24, 2.45) is 0 Å². The first-order chi connectivity index (χ1) is 14.9. The van der Waals surface area contributed by atoms with Gasteiger partial charge in [0.15, 0.2) is 5.11 Å². The fourth-order valence-electron chi connectivity index (χ4n) is 2.93. The SMILES string of the molecule is Cc1cccc(-n2nc3ccc(NC(=S)NC(=O)c4ccc([N+](=O)[O-])cc4)cc3n2)c1. The lowest BCUT2D eigenvalue weighted by Crippen LogP contribution is -2.34. The summed E-state index contributed by atoms with van der Waals surface area (Å²) in [6.45, 7) is 2.00. The second kappa shape index (κ2) is 8.28. The largest absolute Gasteiger partial charge is 0.332 e. The second-order valence-corrected chi connectivity index (χ2v) is 7.15. The summed E-state index contributed by atoms with van der Waals surface area (Å²) in [4.78, 5) is 24.0. The molecule has 4 aromatic rings. The average molecular weight is 432 g/mol. The zero-order valence-corrected chi connectivity index (χ0v) is 17.1. The molecule has 9 nitrogen and oxygen atoms in total. The quantitative estimate of drug-likeness (QED) is 0.287. The van der Waals surface area contributed by atoms with E-state index in [1.54, 1.807) is 23.0 Å². The number of rotatable bonds is 4. The number of benzene rings is 3. The van der Waals surface area contributed by atoms with Gasteiger partial charge in [0.05, 0.1) is 10.6 Å². The van der Waals surface area contributed by atoms with Crippen LogP contribution in [0.5, 0.6) is 0 Å². The number of aryl methyl sites for hydroxylation is 1. The van der Waals surface area contributed by atoms with Gasteiger partial charge in [0, 0.05) is 23.4 Å². The van der Waals surface area contributed by atoms with Gasteiger partial charge in [-0.25, -0.2) is 0 Å². The molecule has 0 fully saturated rings. The van der Waals surface area contributed by atoms with E-state index in [0.717, 1.165) is 11.3 Å². The number of nitro groups is 1. The minimum absolute atomic E-state index is 0.0915. The Morgan fingerprint density at radius 1 is 1.03 bits per heavy atom. The van der Waals surface area contributed by atoms with Crippen LogP contribution in [0.2, 0.25) is 0 Å². The lowest BCUT2D eigenvalue weighted by molar-refractivity contribution is -0.384. The van der Waals surface area contributed by atoms with Crippen LogP contribution in [0.3, 0.4) is 0 Å². The van der Waals surface area contributed by atoms with Crippen LogP contribution in [0.4, 0.5) is 11.4 Å². The van der Waals surface area contributed by atoms with Crippen molar-refractivity contribution in [3.8, 4) is 5.69 Å². The molecular weight excluding hydrogens is 416 g/mol. The summed E-state index contributed by atoms with van der Waals surface area (Å²) in [5.41, 5.74) is 4.14. The van der Waals surface area contributed by atoms with E-state index < -0.39 is 10.8 Å². The van der Waals surface area contributed by atoms with Gasteiger partial charge in [-0.3, -0.25) is 20.2 Å². The van der Waals surface area contributed by atoms with Gasteiger partial charge in [-0.15, -0.1) is 10.2 Å². The van der Waals surface area contributed by atoms with Gasteiger partial charge >= 0.3 is 0 Å². The lowest BCUT2D eigenvalue weighted by atomic mass is 10.2. The third-order valence-electron chi connectivity index (χ3n) is 4.44. The van der Waals surface area contributed by atoms with Gasteiger partial charge in [0.2, 0.25) is 0 Å². The normalized spacial score (nSPS) is 10.6. The summed E-state index contributed by atoms with van der Waals surface area (Å²) in [5.74, 6) is -0.473. The van der Waals surface area contributed by atoms with Crippen molar-refractivity contribution < 1.29 is 9.72 Å². The molecule has 0 saturated heterocycles. The number of hydrogen-bond donors (Lipinski definition) is 2. The van der Waals surface area contributed by atoms with E-state index >= 15 is 0 Å². The van der Waals surface area contributed by atoms with E-state index in [0.29, 0.717) is 16.7 Å². The number of aromatic nitrogens is 3. The number of nitro benzene ring substituents is 1. The van der Waals surface area contributed by atoms with Crippen molar-refractivity contribution in [1.29, 1.82) is 0 Å². The van der Waals surface area contributed by atoms with Gasteiger partial charge < -0.3 is 5.32 Å². The van der Waals surface area contributed by atoms with E-state index in [1.807, 2.05) is 31.2 Å². The van der Waals surface area contributed by atoms with Gasteiger partial charge in [-0.2, -0.15) is 4.80 Å². The molecule has 0 aliphatic carbocycles. The highest BCUT2D eigenvalue weighted by Crippen LogP contribution is 2.18. The van der Waals surface area contributed by atoms with Crippen LogP contribution in [0.1, 0.15) is 15.9 Å². The summed E-state index contributed by atoms with van der Waals surface area (Å²) < 4.78 is 0. The molecule has 0 unspecified atom stereocenters. The maximum atomic E-state index is 12.3. The Bertz CT molecular complexity index is 1320. The number of carbonyl (C=O) groups is 1. The zero-order valence-electron chi connectivity index (χ0n) is 16.3. The molecule has 1 aromatic heterocycles. The Labute approximate surface area is 181 Å². The molecule has 0 radical (unpaired) electrons. The van der Waals surface area contributed by atoms with Crippen LogP contribution in [0.15, 0.2) is 66.7 Å². The Balaban J connectivity index is 1.45. The molecule has 0 aliphatic heterocycles. The first-order valence-corrected chi connectivity index (χ1v) is 9.61. The molecular formula is C21H16N6O3S. The number of carbonyl (C=O) groups excluding carboxylic acids is 1. The molecule has 2 N–H and O–H groups in total. The number of amides is 1. The smallest absolute Gasteiger partial charge is 0.269 e. The number of thiocarbonyl (C=S) groups is 1. The third-order valence-corrected chi connectivity index (χ3v) is 4.64. The monoisotopic (exact) mass is 432 g/mol. The number of hydrogen-bond acceptors (Lipinski definition) is 6. The number of anilines is 1. The van der Waals surface area contributed by atoms with Crippen molar-refractivity contribution in [2.45, 2.75) is 6.92 Å². The van der Waals surface area contributed by atoms with Crippen molar-refractivity contribution in [3.63, 3.8) is 0 Å². The molecule has 0 bridgehead atoms. The van der Waals surface area contributed by atoms with Crippen LogP contribution in [-0.4, -0.2) is 30.9 Å². The molecule has 10 heteroatoms. The maximum Gasteiger partial charge on any atom is 0.269 e. The summed E-state index contributed by atoms with van der Waals surface area (Å²) in [5, 5.41) is 25.3. The van der Waals surface area contributed by atoms with Crippen LogP contribution < -0.4 is 10.6 Å². The minimum atomic E-state index is -0.529. The summed E-state index contributed by atoms with van der Waals surface area (Å²) in [6.07, 6.45) is 0. The van der Waals surface area contributed by atoms with Crippen molar-refractivity contribution >= 4 is 45.6 Å². The Hall–Kier alpha value is -4.18. The summed E-state index contributed by atoms with van der Waals surface area (Å²) in [7, 11) is 0. The van der Waals surface area contributed by atoms with Crippen LogP contribution >= 0.6 is 12.2 Å². The van der Waals surface area contributed by atoms with Crippen molar-refractivity contribution in [3.05, 3.63) is 88.0 Å². The van der Waals surface area contributed by atoms with Crippen molar-refractivity contribution in [1.82, 2.24) is 20.3 Å². The maximum absolute atomic E-state index is 12.3. The topological polar surface area (TPSA) is 115 Å². The first kappa shape index (κ1) is 20.1. The fourth-order valence-corrected chi connectivity index (χ4v) is 3.14. The predicted molar refractivity (Wildman–Crippen MR) is 120 cm³/mol. The second-order valence-electron chi connectivity index (χ2n) is 6.74. The molecule has 0 spiro atoms. The zero-order chi connectivity index (χ0) is 22.0. The molecule has 3 aromatic carbocycles. The Kier molecular flexibility index (Phi) is 5.37. The highest BCUT2D eigenvalue weighted by Gasteiger charge is 2.12. The highest BCUT2D eigenvalue weighted by atomic mass is 32.1. The number of fused-ring (bicyclic) bond motifs is 1. The van der Waals surface area contributed by atoms with Gasteiger partial charge in [-0.05, 0) is 67.2 Å². The van der Waals surface area contributed by atoms with E-state index in [-0.39, 0.29) is 16.4 Å². The van der Waals surface area contributed by atoms with Crippen LogP contribution in [-0.2, 0) is 0 Å². The Morgan fingerprint density at radius 2 is 1.77 bits per heavy atom. The average Bonchev–Trinajstić information content (AvgIpc) is 3.17. The molecule has 4 rings (SSSR count). The summed E-state index contributed by atoms with van der Waals surface area (Å²) >= 11 is 5.21. The standard InChI is InChI=1S/C21H16N6O3S/c1-13-3-2-4-17(11-13)26-24-18-10-7-15(12-19(18)25-26)22-21(31)23-20(28)14-5-8-16(9-6-14)27(29)30/h2-12H,1H3,(H2,22,23,28,31). The van der Waals surface area contributed by atoms with E-state index in [2.05, 4.69) is 20.8 Å². The van der Waals surface area contributed by atoms with E-state index in [9.17, 15) is 14.9 Å². The molecule has 0 atom stereocenters. The number of nitrogens with one attached hydrogen (secondary N) is 2. The van der Waals surface area contributed by atoms with Gasteiger partial charge in [0.1, 0.15) is 11.0 Å². The van der Waals surface area contributed by atoms with Crippen LogP contribution in [0, 0.1) is 17.0 Å². The first-order valence-electron chi connectivity index (χ1n) is 9.20. The molecule has 154 valence electrons. The summed E-state index contributed by atoms with van der Waals surface area (Å²) in [6, 6.07) is 18.5. The predicted octanol–water partition coefficient (Wildman–Crippen LogP) is 3.76. The highest BCUT2D eigenvalue weighted by molar-refractivity contribution is 7.80. The van der Waals surface area contributed by atoms with E-state index in [1.165, 1.54) is 24.3 Å². The number of non-ortho nitro benzene ring substituents is 1. The fraction of sp³-hybridized carbons (Fsp3) is 0.0476. The molecule has 0 aliphatic rings. The molecule has 0 saturated carbocycles. The molecule has 31 heavy (non-hydrogen) atoms.